The molecular weight excluding hydrogens is 350 g/mol. The fraction of sp³-hybridized carbons (Fsp3) is 0.526. The summed E-state index contributed by atoms with van der Waals surface area (Å²) in [5.41, 5.74) is 0.533. The SMILES string of the molecule is O=C(O)COc1cccc(NC(=O)CCCNC(=O)NC2CCCCC2)c1. The van der Waals surface area contributed by atoms with Crippen molar-refractivity contribution in [1.82, 2.24) is 10.6 Å². The van der Waals surface area contributed by atoms with Gasteiger partial charge in [0.2, 0.25) is 5.91 Å². The predicted octanol–water partition coefficient (Wildman–Crippen LogP) is 2.50. The lowest BCUT2D eigenvalue weighted by Gasteiger charge is -2.22. The number of nitrogens with one attached hydrogen (secondary N) is 3. The first-order valence-electron chi connectivity index (χ1n) is 9.32. The topological polar surface area (TPSA) is 117 Å². The summed E-state index contributed by atoms with van der Waals surface area (Å²) < 4.78 is 5.07. The number of hydrogen-bond donors (Lipinski definition) is 4. The van der Waals surface area contributed by atoms with Gasteiger partial charge in [0.25, 0.3) is 0 Å². The quantitative estimate of drug-likeness (QED) is 0.493. The predicted molar refractivity (Wildman–Crippen MR) is 101 cm³/mol. The van der Waals surface area contributed by atoms with Crippen LogP contribution in [0.3, 0.4) is 0 Å². The van der Waals surface area contributed by atoms with Crippen LogP contribution >= 0.6 is 0 Å². The van der Waals surface area contributed by atoms with Crippen LogP contribution < -0.4 is 20.7 Å². The number of carboxylic acid groups (broad SMARTS) is 1. The minimum Gasteiger partial charge on any atom is -0.482 e. The van der Waals surface area contributed by atoms with E-state index in [1.807, 2.05) is 0 Å². The second-order valence-corrected chi connectivity index (χ2v) is 6.60. The van der Waals surface area contributed by atoms with Crippen LogP contribution in [-0.4, -0.2) is 42.2 Å². The van der Waals surface area contributed by atoms with Crippen LogP contribution in [0.25, 0.3) is 0 Å². The van der Waals surface area contributed by atoms with E-state index in [1.54, 1.807) is 24.3 Å². The lowest BCUT2D eigenvalue weighted by molar-refractivity contribution is -0.139. The maximum atomic E-state index is 12.0. The maximum Gasteiger partial charge on any atom is 0.341 e. The van der Waals surface area contributed by atoms with Crippen molar-refractivity contribution < 1.29 is 24.2 Å². The van der Waals surface area contributed by atoms with Crippen LogP contribution in [0, 0.1) is 0 Å². The highest BCUT2D eigenvalue weighted by Gasteiger charge is 2.15. The summed E-state index contributed by atoms with van der Waals surface area (Å²) in [6, 6.07) is 6.64. The normalized spacial score (nSPS) is 14.2. The molecule has 0 heterocycles. The number of aliphatic carboxylic acids is 1. The molecule has 0 unspecified atom stereocenters. The van der Waals surface area contributed by atoms with E-state index in [4.69, 9.17) is 9.84 Å². The van der Waals surface area contributed by atoms with Gasteiger partial charge < -0.3 is 25.8 Å². The molecule has 0 atom stereocenters. The summed E-state index contributed by atoms with van der Waals surface area (Å²) >= 11 is 0. The Morgan fingerprint density at radius 1 is 1.15 bits per heavy atom. The first kappa shape index (κ1) is 20.5. The second kappa shape index (κ2) is 11.1. The molecule has 1 saturated carbocycles. The lowest BCUT2D eigenvalue weighted by atomic mass is 9.96. The van der Waals surface area contributed by atoms with Gasteiger partial charge in [0, 0.05) is 30.8 Å². The third kappa shape index (κ3) is 8.44. The van der Waals surface area contributed by atoms with E-state index in [0.29, 0.717) is 24.4 Å². The number of rotatable bonds is 9. The van der Waals surface area contributed by atoms with Gasteiger partial charge in [-0.25, -0.2) is 9.59 Å². The van der Waals surface area contributed by atoms with Gasteiger partial charge in [-0.15, -0.1) is 0 Å². The Morgan fingerprint density at radius 2 is 1.93 bits per heavy atom. The van der Waals surface area contributed by atoms with Crippen LogP contribution in [-0.2, 0) is 9.59 Å². The van der Waals surface area contributed by atoms with Gasteiger partial charge in [-0.1, -0.05) is 25.3 Å². The second-order valence-electron chi connectivity index (χ2n) is 6.60. The molecule has 1 fully saturated rings. The van der Waals surface area contributed by atoms with Gasteiger partial charge in [-0.2, -0.15) is 0 Å². The van der Waals surface area contributed by atoms with Crippen molar-refractivity contribution in [1.29, 1.82) is 0 Å². The zero-order valence-electron chi connectivity index (χ0n) is 15.3. The standard InChI is InChI=1S/C19H27N3O5/c23-17(21-15-8-4-9-16(12-15)27-13-18(24)25)10-5-11-20-19(26)22-14-6-2-1-3-7-14/h4,8-9,12,14H,1-3,5-7,10-11,13H2,(H,21,23)(H,24,25)(H2,20,22,26). The zero-order valence-corrected chi connectivity index (χ0v) is 15.3. The molecule has 0 saturated heterocycles. The summed E-state index contributed by atoms with van der Waals surface area (Å²) in [5, 5.41) is 17.1. The first-order valence-corrected chi connectivity index (χ1v) is 9.32. The highest BCUT2D eigenvalue weighted by molar-refractivity contribution is 5.90. The summed E-state index contributed by atoms with van der Waals surface area (Å²) in [7, 11) is 0. The van der Waals surface area contributed by atoms with Gasteiger partial charge in [0.15, 0.2) is 6.61 Å². The molecule has 3 amide bonds. The van der Waals surface area contributed by atoms with Crippen LogP contribution in [0.1, 0.15) is 44.9 Å². The molecule has 27 heavy (non-hydrogen) atoms. The maximum absolute atomic E-state index is 12.0. The fourth-order valence-electron chi connectivity index (χ4n) is 2.97. The molecule has 0 bridgehead atoms. The molecule has 0 spiro atoms. The summed E-state index contributed by atoms with van der Waals surface area (Å²) in [5.74, 6) is -0.874. The molecule has 0 aromatic heterocycles. The number of urea groups is 1. The third-order valence-electron chi connectivity index (χ3n) is 4.29. The van der Waals surface area contributed by atoms with E-state index in [-0.39, 0.29) is 24.4 Å². The van der Waals surface area contributed by atoms with Crippen LogP contribution in [0.2, 0.25) is 0 Å². The summed E-state index contributed by atoms with van der Waals surface area (Å²) in [4.78, 5) is 34.3. The Balaban J connectivity index is 1.62. The van der Waals surface area contributed by atoms with Crippen molar-refractivity contribution in [2.45, 2.75) is 51.0 Å². The van der Waals surface area contributed by atoms with Crippen molar-refractivity contribution in [3.8, 4) is 5.75 Å². The highest BCUT2D eigenvalue weighted by Crippen LogP contribution is 2.18. The Morgan fingerprint density at radius 3 is 2.67 bits per heavy atom. The summed E-state index contributed by atoms with van der Waals surface area (Å²) in [6.07, 6.45) is 6.42. The van der Waals surface area contributed by atoms with Gasteiger partial charge in [-0.05, 0) is 31.4 Å². The van der Waals surface area contributed by atoms with E-state index in [2.05, 4.69) is 16.0 Å². The number of carbonyl (C=O) groups excluding carboxylic acids is 2. The van der Waals surface area contributed by atoms with E-state index < -0.39 is 12.6 Å². The lowest BCUT2D eigenvalue weighted by Crippen LogP contribution is -2.43. The van der Waals surface area contributed by atoms with E-state index in [0.717, 1.165) is 25.7 Å². The number of carboxylic acids is 1. The van der Waals surface area contributed by atoms with Crippen LogP contribution in [0.4, 0.5) is 10.5 Å². The van der Waals surface area contributed by atoms with Crippen molar-refractivity contribution in [3.63, 3.8) is 0 Å². The van der Waals surface area contributed by atoms with Crippen molar-refractivity contribution in [2.24, 2.45) is 0 Å². The number of benzene rings is 1. The number of carbonyl (C=O) groups is 3. The number of anilines is 1. The van der Waals surface area contributed by atoms with Crippen molar-refractivity contribution in [3.05, 3.63) is 24.3 Å². The number of hydrogen-bond acceptors (Lipinski definition) is 4. The molecule has 1 aliphatic carbocycles. The molecule has 2 rings (SSSR count). The van der Waals surface area contributed by atoms with E-state index in [1.165, 1.54) is 6.42 Å². The average molecular weight is 377 g/mol. The average Bonchev–Trinajstić information content (AvgIpc) is 2.65. The van der Waals surface area contributed by atoms with Crippen LogP contribution in [0.15, 0.2) is 24.3 Å². The summed E-state index contributed by atoms with van der Waals surface area (Å²) in [6.45, 7) is -0.0142. The fourth-order valence-corrected chi connectivity index (χ4v) is 2.97. The Hall–Kier alpha value is -2.77. The molecule has 8 nitrogen and oxygen atoms in total. The van der Waals surface area contributed by atoms with Gasteiger partial charge in [0.05, 0.1) is 0 Å². The minimum absolute atomic E-state index is 0.175. The molecule has 0 radical (unpaired) electrons. The Bertz CT molecular complexity index is 644. The molecule has 8 heteroatoms. The number of ether oxygens (including phenoxy) is 1. The van der Waals surface area contributed by atoms with E-state index in [9.17, 15) is 14.4 Å². The van der Waals surface area contributed by atoms with Crippen LogP contribution in [0.5, 0.6) is 5.75 Å². The highest BCUT2D eigenvalue weighted by atomic mass is 16.5. The first-order chi connectivity index (χ1) is 13.0. The smallest absolute Gasteiger partial charge is 0.341 e. The third-order valence-corrected chi connectivity index (χ3v) is 4.29. The molecule has 4 N–H and O–H groups in total. The Kier molecular flexibility index (Phi) is 8.41. The molecule has 1 aromatic rings. The molecule has 1 aromatic carbocycles. The zero-order chi connectivity index (χ0) is 19.5. The minimum atomic E-state index is -1.07. The number of amides is 3. The Labute approximate surface area is 158 Å². The largest absolute Gasteiger partial charge is 0.482 e. The molecular formula is C19H27N3O5. The molecule has 1 aliphatic rings. The monoisotopic (exact) mass is 377 g/mol. The molecule has 148 valence electrons. The molecule has 0 aliphatic heterocycles. The van der Waals surface area contributed by atoms with Gasteiger partial charge >= 0.3 is 12.0 Å². The van der Waals surface area contributed by atoms with Crippen molar-refractivity contribution >= 4 is 23.6 Å². The van der Waals surface area contributed by atoms with E-state index >= 15 is 0 Å². The van der Waals surface area contributed by atoms with Crippen molar-refractivity contribution in [2.75, 3.05) is 18.5 Å². The van der Waals surface area contributed by atoms with Gasteiger partial charge in [-0.3, -0.25) is 4.79 Å². The van der Waals surface area contributed by atoms with Gasteiger partial charge in [0.1, 0.15) is 5.75 Å².